The lowest BCUT2D eigenvalue weighted by molar-refractivity contribution is -0.121. The van der Waals surface area contributed by atoms with Crippen LogP contribution >= 0.6 is 23.7 Å². The number of rotatable bonds is 1. The molecule has 0 radical (unpaired) electrons. The molecule has 6 heteroatoms. The van der Waals surface area contributed by atoms with Crippen molar-refractivity contribution in [2.24, 2.45) is 4.99 Å². The molecule has 1 N–H and O–H groups in total. The van der Waals surface area contributed by atoms with E-state index < -0.39 is 0 Å². The SMILES string of the molecule is CCC1C(=O)NC2=Nc3sc4c(c3CN21)CCCC4.Cl. The van der Waals surface area contributed by atoms with E-state index in [1.54, 1.807) is 0 Å². The molecule has 0 aromatic carbocycles. The zero-order valence-electron chi connectivity index (χ0n) is 11.4. The van der Waals surface area contributed by atoms with Gasteiger partial charge in [0.1, 0.15) is 11.0 Å². The highest BCUT2D eigenvalue weighted by atomic mass is 35.5. The van der Waals surface area contributed by atoms with E-state index >= 15 is 0 Å². The normalized spacial score (nSPS) is 23.2. The molecule has 4 rings (SSSR count). The van der Waals surface area contributed by atoms with Gasteiger partial charge in [-0.1, -0.05) is 6.92 Å². The molecule has 1 unspecified atom stereocenters. The molecule has 3 aliphatic rings. The zero-order valence-corrected chi connectivity index (χ0v) is 13.1. The van der Waals surface area contributed by atoms with Gasteiger partial charge in [0, 0.05) is 17.0 Å². The van der Waals surface area contributed by atoms with E-state index in [0.29, 0.717) is 0 Å². The van der Waals surface area contributed by atoms with Gasteiger partial charge in [0.05, 0.1) is 0 Å². The van der Waals surface area contributed by atoms with Crippen molar-refractivity contribution in [2.45, 2.75) is 51.6 Å². The molecule has 108 valence electrons. The van der Waals surface area contributed by atoms with Gasteiger partial charge in [-0.3, -0.25) is 10.1 Å². The van der Waals surface area contributed by atoms with Gasteiger partial charge >= 0.3 is 0 Å². The van der Waals surface area contributed by atoms with Crippen LogP contribution in [0, 0.1) is 0 Å². The summed E-state index contributed by atoms with van der Waals surface area (Å²) < 4.78 is 0. The molecule has 0 saturated carbocycles. The van der Waals surface area contributed by atoms with Gasteiger partial charge < -0.3 is 4.90 Å². The van der Waals surface area contributed by atoms with Crippen molar-refractivity contribution in [3.05, 3.63) is 16.0 Å². The summed E-state index contributed by atoms with van der Waals surface area (Å²) in [4.78, 5) is 20.3. The Hall–Kier alpha value is -1.07. The maximum atomic E-state index is 11.9. The number of carbonyl (C=O) groups excluding carboxylic acids is 1. The Morgan fingerprint density at radius 1 is 1.35 bits per heavy atom. The van der Waals surface area contributed by atoms with Crippen molar-refractivity contribution in [3.8, 4) is 0 Å². The Bertz CT molecular complexity index is 595. The van der Waals surface area contributed by atoms with Crippen LogP contribution in [0.4, 0.5) is 5.00 Å². The van der Waals surface area contributed by atoms with E-state index in [2.05, 4.69) is 17.1 Å². The van der Waals surface area contributed by atoms with Crippen molar-refractivity contribution < 1.29 is 4.79 Å². The average molecular weight is 312 g/mol. The molecule has 1 fully saturated rings. The maximum absolute atomic E-state index is 11.9. The van der Waals surface area contributed by atoms with Gasteiger partial charge in [-0.15, -0.1) is 23.7 Å². The van der Waals surface area contributed by atoms with Crippen molar-refractivity contribution >= 4 is 40.6 Å². The Morgan fingerprint density at radius 3 is 2.95 bits per heavy atom. The standard InChI is InChI=1S/C14H17N3OS.ClH/c1-2-10-12(18)15-14-16-13-9(7-17(10)14)8-5-3-4-6-11(8)19-13;/h10H,2-7H2,1H3,(H,15,16,18);1H. The number of aliphatic imine (C=N–C) groups is 1. The number of carbonyl (C=O) groups is 1. The van der Waals surface area contributed by atoms with Gasteiger partial charge in [0.25, 0.3) is 0 Å². The van der Waals surface area contributed by atoms with Crippen LogP contribution in [0.3, 0.4) is 0 Å². The first-order valence-electron chi connectivity index (χ1n) is 7.07. The smallest absolute Gasteiger partial charge is 0.249 e. The number of aryl methyl sites for hydroxylation is 1. The fraction of sp³-hybridized carbons (Fsp3) is 0.571. The van der Waals surface area contributed by atoms with E-state index in [1.165, 1.54) is 41.7 Å². The molecule has 1 atom stereocenters. The maximum Gasteiger partial charge on any atom is 0.249 e. The Kier molecular flexibility index (Phi) is 3.50. The average Bonchev–Trinajstić information content (AvgIpc) is 2.92. The summed E-state index contributed by atoms with van der Waals surface area (Å²) >= 11 is 1.83. The van der Waals surface area contributed by atoms with Gasteiger partial charge in [-0.2, -0.15) is 0 Å². The van der Waals surface area contributed by atoms with Crippen LogP contribution in [0.5, 0.6) is 0 Å². The predicted molar refractivity (Wildman–Crippen MR) is 83.1 cm³/mol. The van der Waals surface area contributed by atoms with Gasteiger partial charge in [0.15, 0.2) is 0 Å². The molecule has 3 heterocycles. The van der Waals surface area contributed by atoms with Crippen molar-refractivity contribution in [1.82, 2.24) is 10.2 Å². The second-order valence-corrected chi connectivity index (χ2v) is 6.55. The third-order valence-electron chi connectivity index (χ3n) is 4.37. The molecule has 2 aliphatic heterocycles. The second-order valence-electron chi connectivity index (χ2n) is 5.47. The zero-order chi connectivity index (χ0) is 13.0. The molecule has 1 aliphatic carbocycles. The van der Waals surface area contributed by atoms with Crippen molar-refractivity contribution in [1.29, 1.82) is 0 Å². The van der Waals surface area contributed by atoms with Crippen LogP contribution in [0.15, 0.2) is 4.99 Å². The number of halogens is 1. The van der Waals surface area contributed by atoms with Gasteiger partial charge in [-0.25, -0.2) is 4.99 Å². The summed E-state index contributed by atoms with van der Waals surface area (Å²) in [5.41, 5.74) is 2.92. The molecule has 4 nitrogen and oxygen atoms in total. The lowest BCUT2D eigenvalue weighted by Crippen LogP contribution is -2.36. The Labute approximate surface area is 128 Å². The monoisotopic (exact) mass is 311 g/mol. The third-order valence-corrected chi connectivity index (χ3v) is 5.60. The summed E-state index contributed by atoms with van der Waals surface area (Å²) in [5, 5.41) is 4.06. The summed E-state index contributed by atoms with van der Waals surface area (Å²) in [5.74, 6) is 0.869. The molecule has 20 heavy (non-hydrogen) atoms. The second kappa shape index (κ2) is 5.04. The number of guanidine groups is 1. The highest BCUT2D eigenvalue weighted by Gasteiger charge is 2.39. The fourth-order valence-corrected chi connectivity index (χ4v) is 4.65. The Balaban J connectivity index is 0.00000121. The van der Waals surface area contributed by atoms with E-state index in [9.17, 15) is 4.79 Å². The van der Waals surface area contributed by atoms with Crippen LogP contribution < -0.4 is 5.32 Å². The van der Waals surface area contributed by atoms with Crippen LogP contribution in [0.1, 0.15) is 42.2 Å². The molecule has 1 aromatic rings. The number of hydrogen-bond donors (Lipinski definition) is 1. The van der Waals surface area contributed by atoms with Crippen LogP contribution in [0.25, 0.3) is 0 Å². The predicted octanol–water partition coefficient (Wildman–Crippen LogP) is 2.76. The molecule has 1 amide bonds. The van der Waals surface area contributed by atoms with Crippen molar-refractivity contribution in [3.63, 3.8) is 0 Å². The molecule has 0 bridgehead atoms. The van der Waals surface area contributed by atoms with Crippen LogP contribution in [-0.2, 0) is 24.2 Å². The molecular formula is C14H18ClN3OS. The molecular weight excluding hydrogens is 294 g/mol. The van der Waals surface area contributed by atoms with Crippen LogP contribution in [0.2, 0.25) is 0 Å². The topological polar surface area (TPSA) is 44.7 Å². The number of nitrogens with zero attached hydrogens (tertiary/aromatic N) is 2. The lowest BCUT2D eigenvalue weighted by atomic mass is 9.95. The highest BCUT2D eigenvalue weighted by Crippen LogP contribution is 2.43. The van der Waals surface area contributed by atoms with Crippen LogP contribution in [-0.4, -0.2) is 22.8 Å². The number of amides is 1. The molecule has 1 aromatic heterocycles. The first-order chi connectivity index (χ1) is 9.28. The fourth-order valence-electron chi connectivity index (χ4n) is 3.37. The van der Waals surface area contributed by atoms with Gasteiger partial charge in [0.2, 0.25) is 11.9 Å². The minimum Gasteiger partial charge on any atom is -0.326 e. The summed E-state index contributed by atoms with van der Waals surface area (Å²) in [6.07, 6.45) is 5.84. The molecule has 1 saturated heterocycles. The number of nitrogens with one attached hydrogen (secondary N) is 1. The Morgan fingerprint density at radius 2 is 2.15 bits per heavy atom. The molecule has 0 spiro atoms. The van der Waals surface area contributed by atoms with Crippen molar-refractivity contribution in [2.75, 3.05) is 0 Å². The summed E-state index contributed by atoms with van der Waals surface area (Å²) in [7, 11) is 0. The summed E-state index contributed by atoms with van der Waals surface area (Å²) in [6.45, 7) is 2.92. The number of thiophene rings is 1. The largest absolute Gasteiger partial charge is 0.326 e. The van der Waals surface area contributed by atoms with Gasteiger partial charge in [-0.05, 0) is 37.7 Å². The number of hydrogen-bond acceptors (Lipinski definition) is 4. The van der Waals surface area contributed by atoms with E-state index in [0.717, 1.165) is 23.9 Å². The first kappa shape index (κ1) is 13.9. The quantitative estimate of drug-likeness (QED) is 0.867. The van der Waals surface area contributed by atoms with E-state index in [4.69, 9.17) is 4.99 Å². The lowest BCUT2D eigenvalue weighted by Gasteiger charge is -2.26. The highest BCUT2D eigenvalue weighted by molar-refractivity contribution is 7.16. The minimum absolute atomic E-state index is 0. The summed E-state index contributed by atoms with van der Waals surface area (Å²) in [6, 6.07) is -0.0361. The third kappa shape index (κ3) is 1.87. The minimum atomic E-state index is -0.0361. The van der Waals surface area contributed by atoms with E-state index in [1.807, 2.05) is 11.3 Å². The first-order valence-corrected chi connectivity index (χ1v) is 7.89. The number of fused-ring (bicyclic) bond motifs is 4. The van der Waals surface area contributed by atoms with E-state index in [-0.39, 0.29) is 24.4 Å².